The molecule has 6 nitrogen and oxygen atoms in total. The molecule has 0 amide bonds. The van der Waals surface area contributed by atoms with Gasteiger partial charge in [0.2, 0.25) is 5.88 Å². The van der Waals surface area contributed by atoms with Crippen molar-refractivity contribution in [2.75, 3.05) is 6.61 Å². The second kappa shape index (κ2) is 10.1. The van der Waals surface area contributed by atoms with Crippen molar-refractivity contribution in [1.82, 2.24) is 0 Å². The molecule has 0 aliphatic carbocycles. The van der Waals surface area contributed by atoms with Gasteiger partial charge in [-0.15, -0.1) is 0 Å². The lowest BCUT2D eigenvalue weighted by molar-refractivity contribution is 0.0734. The van der Waals surface area contributed by atoms with Gasteiger partial charge in [-0.1, -0.05) is 48.3 Å². The predicted octanol–water partition coefficient (Wildman–Crippen LogP) is 6.22. The van der Waals surface area contributed by atoms with Crippen LogP contribution in [0.5, 0.6) is 17.2 Å². The van der Waals surface area contributed by atoms with Crippen molar-refractivity contribution >= 4 is 29.2 Å². The Hall–Kier alpha value is -3.66. The topological polar surface area (TPSA) is 94.6 Å². The number of carbonyl (C=O) groups excluding carboxylic acids is 1. The van der Waals surface area contributed by atoms with Crippen molar-refractivity contribution in [3.63, 3.8) is 0 Å². The first-order chi connectivity index (χ1) is 16.4. The fourth-order valence-electron chi connectivity index (χ4n) is 3.64. The highest BCUT2D eigenvalue weighted by molar-refractivity contribution is 6.36. The number of carbonyl (C=O) groups is 1. The minimum absolute atomic E-state index is 0.00414. The van der Waals surface area contributed by atoms with E-state index in [1.165, 1.54) is 12.1 Å². The van der Waals surface area contributed by atoms with Crippen molar-refractivity contribution in [3.8, 4) is 23.3 Å². The highest BCUT2D eigenvalue weighted by atomic mass is 35.5. The highest BCUT2D eigenvalue weighted by Crippen LogP contribution is 2.43. The number of ether oxygens (including phenoxy) is 3. The Bertz CT molecular complexity index is 1310. The van der Waals surface area contributed by atoms with Gasteiger partial charge in [0.1, 0.15) is 28.9 Å². The average Bonchev–Trinajstić information content (AvgIpc) is 2.82. The fourth-order valence-corrected chi connectivity index (χ4v) is 4.12. The third-order valence-corrected chi connectivity index (χ3v) is 5.79. The van der Waals surface area contributed by atoms with Crippen molar-refractivity contribution in [2.45, 2.75) is 19.3 Å². The quantitative estimate of drug-likeness (QED) is 0.322. The Morgan fingerprint density at radius 1 is 1.09 bits per heavy atom. The molecule has 0 aromatic heterocycles. The number of hydrogen-bond acceptors (Lipinski definition) is 6. The standard InChI is InChI=1S/C26H20Cl2N2O4/c1-2-11-32-17-6-3-15(4-7-17)24-20-10-8-18(13-23(20)34-25(30)21(24)14-29)33-26(31)19-9-5-16(27)12-22(19)28/h3-10,12-13,24H,2,11,30H2,1H3. The Kier molecular flexibility index (Phi) is 6.97. The summed E-state index contributed by atoms with van der Waals surface area (Å²) in [5, 5.41) is 10.3. The summed E-state index contributed by atoms with van der Waals surface area (Å²) in [5.41, 5.74) is 8.13. The molecule has 172 valence electrons. The number of fused-ring (bicyclic) bond motifs is 1. The van der Waals surface area contributed by atoms with Crippen LogP contribution in [0.25, 0.3) is 0 Å². The molecule has 2 N–H and O–H groups in total. The number of rotatable bonds is 6. The molecule has 0 radical (unpaired) electrons. The van der Waals surface area contributed by atoms with E-state index >= 15 is 0 Å². The molecule has 0 saturated heterocycles. The SMILES string of the molecule is CCCOc1ccc(C2C(C#N)=C(N)Oc3cc(OC(=O)c4ccc(Cl)cc4Cl)ccc32)cc1. The van der Waals surface area contributed by atoms with Crippen LogP contribution in [0.4, 0.5) is 0 Å². The maximum atomic E-state index is 12.6. The number of esters is 1. The molecule has 1 heterocycles. The van der Waals surface area contributed by atoms with Crippen LogP contribution in [0.1, 0.15) is 40.7 Å². The van der Waals surface area contributed by atoms with E-state index in [1.807, 2.05) is 31.2 Å². The Balaban J connectivity index is 1.64. The maximum absolute atomic E-state index is 12.6. The molecule has 0 saturated carbocycles. The lowest BCUT2D eigenvalue weighted by Gasteiger charge is -2.26. The molecule has 0 spiro atoms. The van der Waals surface area contributed by atoms with Crippen molar-refractivity contribution < 1.29 is 19.0 Å². The van der Waals surface area contributed by atoms with Gasteiger partial charge >= 0.3 is 5.97 Å². The third kappa shape index (κ3) is 4.81. The molecule has 1 unspecified atom stereocenters. The second-order valence-electron chi connectivity index (χ2n) is 7.56. The van der Waals surface area contributed by atoms with Gasteiger partial charge in [-0.2, -0.15) is 5.26 Å². The molecule has 4 rings (SSSR count). The minimum atomic E-state index is -0.641. The van der Waals surface area contributed by atoms with Gasteiger partial charge in [0.05, 0.1) is 23.1 Å². The minimum Gasteiger partial charge on any atom is -0.494 e. The first-order valence-corrected chi connectivity index (χ1v) is 11.3. The molecule has 1 aliphatic rings. The lowest BCUT2D eigenvalue weighted by Crippen LogP contribution is -2.21. The molecular weight excluding hydrogens is 475 g/mol. The van der Waals surface area contributed by atoms with Gasteiger partial charge in [0, 0.05) is 16.7 Å². The van der Waals surface area contributed by atoms with Gasteiger partial charge in [0.15, 0.2) is 0 Å². The zero-order valence-electron chi connectivity index (χ0n) is 18.2. The summed E-state index contributed by atoms with van der Waals surface area (Å²) in [7, 11) is 0. The molecule has 0 bridgehead atoms. The van der Waals surface area contributed by atoms with Crippen molar-refractivity contribution in [3.05, 3.63) is 98.9 Å². The number of nitriles is 1. The van der Waals surface area contributed by atoms with Crippen molar-refractivity contribution in [1.29, 1.82) is 5.26 Å². The van der Waals surface area contributed by atoms with E-state index in [9.17, 15) is 10.1 Å². The summed E-state index contributed by atoms with van der Waals surface area (Å²) in [6, 6.07) is 19.1. The maximum Gasteiger partial charge on any atom is 0.345 e. The van der Waals surface area contributed by atoms with Crippen LogP contribution in [0.2, 0.25) is 10.0 Å². The molecule has 1 atom stereocenters. The highest BCUT2D eigenvalue weighted by Gasteiger charge is 2.31. The molecule has 0 fully saturated rings. The fraction of sp³-hybridized carbons (Fsp3) is 0.154. The largest absolute Gasteiger partial charge is 0.494 e. The summed E-state index contributed by atoms with van der Waals surface area (Å²) in [4.78, 5) is 12.6. The van der Waals surface area contributed by atoms with Crippen LogP contribution in [-0.4, -0.2) is 12.6 Å². The van der Waals surface area contributed by atoms with Gasteiger partial charge in [-0.25, -0.2) is 4.79 Å². The first kappa shape index (κ1) is 23.5. The zero-order valence-corrected chi connectivity index (χ0v) is 19.7. The normalized spacial score (nSPS) is 14.6. The van der Waals surface area contributed by atoms with Crippen LogP contribution in [0.15, 0.2) is 72.1 Å². The zero-order chi connectivity index (χ0) is 24.2. The smallest absolute Gasteiger partial charge is 0.345 e. The number of allylic oxidation sites excluding steroid dienone is 1. The Morgan fingerprint density at radius 2 is 1.82 bits per heavy atom. The molecule has 34 heavy (non-hydrogen) atoms. The molecule has 3 aromatic carbocycles. The summed E-state index contributed by atoms with van der Waals surface area (Å²) in [6.45, 7) is 2.66. The molecule has 8 heteroatoms. The van der Waals surface area contributed by atoms with E-state index in [0.717, 1.165) is 23.3 Å². The van der Waals surface area contributed by atoms with Crippen LogP contribution in [-0.2, 0) is 0 Å². The van der Waals surface area contributed by atoms with Crippen molar-refractivity contribution in [2.24, 2.45) is 5.73 Å². The Morgan fingerprint density at radius 3 is 2.50 bits per heavy atom. The van der Waals surface area contributed by atoms with Gasteiger partial charge in [0.25, 0.3) is 0 Å². The van der Waals surface area contributed by atoms with E-state index < -0.39 is 11.9 Å². The number of hydrogen-bond donors (Lipinski definition) is 1. The van der Waals surface area contributed by atoms with E-state index in [4.69, 9.17) is 43.1 Å². The monoisotopic (exact) mass is 494 g/mol. The number of nitrogens with two attached hydrogens (primary N) is 1. The molecule has 1 aliphatic heterocycles. The second-order valence-corrected chi connectivity index (χ2v) is 8.40. The predicted molar refractivity (Wildman–Crippen MR) is 129 cm³/mol. The summed E-state index contributed by atoms with van der Waals surface area (Å²) < 4.78 is 16.8. The summed E-state index contributed by atoms with van der Waals surface area (Å²) in [6.07, 6.45) is 0.907. The first-order valence-electron chi connectivity index (χ1n) is 10.5. The number of benzene rings is 3. The third-order valence-electron chi connectivity index (χ3n) is 5.24. The lowest BCUT2D eigenvalue weighted by atomic mass is 9.83. The molecule has 3 aromatic rings. The summed E-state index contributed by atoms with van der Waals surface area (Å²) in [5.74, 6) is 0.291. The van der Waals surface area contributed by atoms with E-state index in [-0.39, 0.29) is 22.2 Å². The van der Waals surface area contributed by atoms with Crippen LogP contribution in [0, 0.1) is 11.3 Å². The number of nitrogens with zero attached hydrogens (tertiary/aromatic N) is 1. The van der Waals surface area contributed by atoms with Gasteiger partial charge in [-0.05, 0) is 48.4 Å². The Labute approximate surface area is 207 Å². The van der Waals surface area contributed by atoms with Crippen LogP contribution in [0.3, 0.4) is 0 Å². The van der Waals surface area contributed by atoms with Gasteiger partial charge in [-0.3, -0.25) is 0 Å². The molecular formula is C26H20Cl2N2O4. The van der Waals surface area contributed by atoms with Crippen LogP contribution >= 0.6 is 23.2 Å². The number of halogens is 2. The van der Waals surface area contributed by atoms with Gasteiger partial charge < -0.3 is 19.9 Å². The van der Waals surface area contributed by atoms with E-state index in [0.29, 0.717) is 23.0 Å². The van der Waals surface area contributed by atoms with E-state index in [1.54, 1.807) is 24.3 Å². The average molecular weight is 495 g/mol. The summed E-state index contributed by atoms with van der Waals surface area (Å²) >= 11 is 12.0. The van der Waals surface area contributed by atoms with Crippen LogP contribution < -0.4 is 19.9 Å². The van der Waals surface area contributed by atoms with E-state index in [2.05, 4.69) is 6.07 Å².